The lowest BCUT2D eigenvalue weighted by Gasteiger charge is -2.22. The standard InChI is InChI=1S/C20H23N2O3/c1-3-4-7-11-22-17-9-6-5-8-15(17)20(19(22)23)14-25-18-10-12-21(24-2)13-16(18)20/h5-6,8-10,12-13H,3-4,7,11,14H2,1-2H3/q+1. The van der Waals surface area contributed by atoms with Crippen molar-refractivity contribution in [3.8, 4) is 5.75 Å². The first-order chi connectivity index (χ1) is 12.2. The van der Waals surface area contributed by atoms with Gasteiger partial charge in [0, 0.05) is 23.0 Å². The molecule has 0 bridgehead atoms. The number of amides is 1. The summed E-state index contributed by atoms with van der Waals surface area (Å²) in [4.78, 5) is 20.8. The Bertz CT molecular complexity index is 820. The highest BCUT2D eigenvalue weighted by Crippen LogP contribution is 2.51. The van der Waals surface area contributed by atoms with Crippen LogP contribution in [0.5, 0.6) is 5.75 Å². The monoisotopic (exact) mass is 339 g/mol. The fourth-order valence-electron chi connectivity index (χ4n) is 3.96. The van der Waals surface area contributed by atoms with E-state index >= 15 is 0 Å². The lowest BCUT2D eigenvalue weighted by Crippen LogP contribution is -2.45. The first-order valence-electron chi connectivity index (χ1n) is 8.87. The van der Waals surface area contributed by atoms with Crippen molar-refractivity contribution in [2.45, 2.75) is 31.6 Å². The van der Waals surface area contributed by atoms with Gasteiger partial charge in [-0.15, -0.1) is 0 Å². The maximum atomic E-state index is 13.5. The number of fused-ring (bicyclic) bond motifs is 4. The van der Waals surface area contributed by atoms with Crippen LogP contribution in [0.2, 0.25) is 0 Å². The second kappa shape index (κ2) is 6.06. The normalized spacial score (nSPS) is 20.6. The lowest BCUT2D eigenvalue weighted by atomic mass is 9.78. The Morgan fingerprint density at radius 2 is 2.08 bits per heavy atom. The van der Waals surface area contributed by atoms with Gasteiger partial charge >= 0.3 is 0 Å². The van der Waals surface area contributed by atoms with E-state index in [1.165, 1.54) is 0 Å². The van der Waals surface area contributed by atoms with Crippen LogP contribution >= 0.6 is 0 Å². The number of hydrogen-bond acceptors (Lipinski definition) is 3. The molecule has 2 aliphatic heterocycles. The van der Waals surface area contributed by atoms with Crippen LogP contribution in [0.25, 0.3) is 0 Å². The molecule has 0 fully saturated rings. The van der Waals surface area contributed by atoms with E-state index in [0.29, 0.717) is 6.61 Å². The molecule has 3 heterocycles. The fraction of sp³-hybridized carbons (Fsp3) is 0.400. The minimum atomic E-state index is -0.764. The van der Waals surface area contributed by atoms with Crippen molar-refractivity contribution in [2.24, 2.45) is 0 Å². The zero-order valence-electron chi connectivity index (χ0n) is 14.7. The minimum Gasteiger partial charge on any atom is -0.491 e. The number of carbonyl (C=O) groups is 1. The summed E-state index contributed by atoms with van der Waals surface area (Å²) in [6, 6.07) is 9.95. The number of nitrogens with zero attached hydrogens (tertiary/aromatic N) is 2. The Kier molecular flexibility index (Phi) is 3.86. The molecule has 2 aliphatic rings. The Morgan fingerprint density at radius 1 is 1.24 bits per heavy atom. The predicted octanol–water partition coefficient (Wildman–Crippen LogP) is 2.25. The van der Waals surface area contributed by atoms with Crippen molar-refractivity contribution in [2.75, 3.05) is 25.2 Å². The summed E-state index contributed by atoms with van der Waals surface area (Å²) < 4.78 is 7.54. The number of rotatable bonds is 5. The van der Waals surface area contributed by atoms with E-state index < -0.39 is 5.41 Å². The van der Waals surface area contributed by atoms with E-state index in [0.717, 1.165) is 48.4 Å². The molecule has 1 atom stereocenters. The fourth-order valence-corrected chi connectivity index (χ4v) is 3.96. The van der Waals surface area contributed by atoms with E-state index in [1.54, 1.807) is 18.0 Å². The van der Waals surface area contributed by atoms with Crippen molar-refractivity contribution in [1.29, 1.82) is 0 Å². The number of carbonyl (C=O) groups excluding carboxylic acids is 1. The highest BCUT2D eigenvalue weighted by atomic mass is 16.6. The number of anilines is 1. The molecule has 25 heavy (non-hydrogen) atoms. The SMILES string of the molecule is CCCCCN1C(=O)C2(COc3cc[n+](OC)cc32)c2ccccc21. The van der Waals surface area contributed by atoms with Crippen LogP contribution in [0.4, 0.5) is 5.69 Å². The number of hydrogen-bond donors (Lipinski definition) is 0. The molecule has 0 radical (unpaired) electrons. The summed E-state index contributed by atoms with van der Waals surface area (Å²) >= 11 is 0. The van der Waals surface area contributed by atoms with E-state index in [-0.39, 0.29) is 5.91 Å². The second-order valence-electron chi connectivity index (χ2n) is 6.64. The summed E-state index contributed by atoms with van der Waals surface area (Å²) in [6.07, 6.45) is 6.92. The summed E-state index contributed by atoms with van der Waals surface area (Å²) in [5.41, 5.74) is 2.16. The van der Waals surface area contributed by atoms with E-state index in [9.17, 15) is 4.79 Å². The largest absolute Gasteiger partial charge is 0.491 e. The molecule has 1 aromatic heterocycles. The van der Waals surface area contributed by atoms with Gasteiger partial charge in [-0.3, -0.25) is 9.63 Å². The smallest absolute Gasteiger partial charge is 0.246 e. The van der Waals surface area contributed by atoms with Gasteiger partial charge in [0.2, 0.25) is 18.3 Å². The van der Waals surface area contributed by atoms with Gasteiger partial charge < -0.3 is 9.64 Å². The quantitative estimate of drug-likeness (QED) is 0.620. The first-order valence-corrected chi connectivity index (χ1v) is 8.87. The van der Waals surface area contributed by atoms with Crippen LogP contribution in [0.3, 0.4) is 0 Å². The number of benzene rings is 1. The van der Waals surface area contributed by atoms with Crippen molar-refractivity contribution < 1.29 is 19.1 Å². The van der Waals surface area contributed by atoms with Crippen molar-refractivity contribution in [3.05, 3.63) is 53.9 Å². The highest BCUT2D eigenvalue weighted by molar-refractivity contribution is 6.11. The van der Waals surface area contributed by atoms with Gasteiger partial charge in [0.05, 0.1) is 5.56 Å². The third kappa shape index (κ3) is 2.22. The van der Waals surface area contributed by atoms with Gasteiger partial charge in [0.1, 0.15) is 24.9 Å². The molecule has 0 saturated heterocycles. The number of pyridine rings is 1. The highest BCUT2D eigenvalue weighted by Gasteiger charge is 2.58. The molecule has 1 spiro atoms. The van der Waals surface area contributed by atoms with E-state index in [4.69, 9.17) is 9.57 Å². The van der Waals surface area contributed by atoms with Crippen LogP contribution in [0.1, 0.15) is 37.3 Å². The van der Waals surface area contributed by atoms with Gasteiger partial charge in [0.25, 0.3) is 0 Å². The third-order valence-corrected chi connectivity index (χ3v) is 5.26. The number of ether oxygens (including phenoxy) is 1. The number of para-hydroxylation sites is 1. The van der Waals surface area contributed by atoms with Gasteiger partial charge in [-0.2, -0.15) is 0 Å². The van der Waals surface area contributed by atoms with Crippen LogP contribution in [0, 0.1) is 0 Å². The lowest BCUT2D eigenvalue weighted by molar-refractivity contribution is -0.885. The average molecular weight is 339 g/mol. The summed E-state index contributed by atoms with van der Waals surface area (Å²) in [7, 11) is 1.61. The molecule has 130 valence electrons. The Balaban J connectivity index is 1.83. The predicted molar refractivity (Wildman–Crippen MR) is 93.7 cm³/mol. The zero-order valence-corrected chi connectivity index (χ0v) is 14.7. The van der Waals surface area contributed by atoms with E-state index in [1.807, 2.05) is 35.4 Å². The van der Waals surface area contributed by atoms with Crippen LogP contribution < -0.4 is 19.2 Å². The molecule has 1 aromatic carbocycles. The molecular weight excluding hydrogens is 316 g/mol. The molecule has 5 nitrogen and oxygen atoms in total. The molecule has 4 rings (SSSR count). The first kappa shape index (κ1) is 15.9. The molecular formula is C20H23N2O3+. The summed E-state index contributed by atoms with van der Waals surface area (Å²) in [5.74, 6) is 0.865. The third-order valence-electron chi connectivity index (χ3n) is 5.26. The van der Waals surface area contributed by atoms with Crippen LogP contribution in [-0.2, 0) is 10.2 Å². The van der Waals surface area contributed by atoms with E-state index in [2.05, 4.69) is 13.0 Å². The van der Waals surface area contributed by atoms with Gasteiger partial charge in [-0.25, -0.2) is 0 Å². The molecule has 0 aliphatic carbocycles. The maximum Gasteiger partial charge on any atom is 0.246 e. The van der Waals surface area contributed by atoms with Crippen molar-refractivity contribution in [3.63, 3.8) is 0 Å². The summed E-state index contributed by atoms with van der Waals surface area (Å²) in [5, 5.41) is 0. The average Bonchev–Trinajstić information content (AvgIpc) is 3.14. The Morgan fingerprint density at radius 3 is 2.88 bits per heavy atom. The molecule has 1 unspecified atom stereocenters. The molecule has 0 N–H and O–H groups in total. The number of unbranched alkanes of at least 4 members (excludes halogenated alkanes) is 2. The maximum absolute atomic E-state index is 13.5. The summed E-state index contributed by atoms with van der Waals surface area (Å²) in [6.45, 7) is 3.26. The zero-order chi connectivity index (χ0) is 17.4. The van der Waals surface area contributed by atoms with Crippen LogP contribution in [0.15, 0.2) is 42.7 Å². The van der Waals surface area contributed by atoms with Crippen molar-refractivity contribution >= 4 is 11.6 Å². The van der Waals surface area contributed by atoms with Gasteiger partial charge in [-0.05, 0) is 18.1 Å². The second-order valence-corrected chi connectivity index (χ2v) is 6.64. The van der Waals surface area contributed by atoms with Gasteiger partial charge in [-0.1, -0.05) is 38.0 Å². The van der Waals surface area contributed by atoms with Crippen molar-refractivity contribution in [1.82, 2.24) is 0 Å². The van der Waals surface area contributed by atoms with Crippen LogP contribution in [-0.4, -0.2) is 26.2 Å². The molecule has 5 heteroatoms. The molecule has 1 amide bonds. The molecule has 2 aromatic rings. The minimum absolute atomic E-state index is 0.109. The number of aromatic nitrogens is 1. The Labute approximate surface area is 147 Å². The van der Waals surface area contributed by atoms with Gasteiger partial charge in [0.15, 0.2) is 0 Å². The Hall–Kier alpha value is -2.56. The molecule has 0 saturated carbocycles. The topological polar surface area (TPSA) is 42.7 Å².